The lowest BCUT2D eigenvalue weighted by Crippen LogP contribution is -2.60. The molecule has 0 spiro atoms. The van der Waals surface area contributed by atoms with Gasteiger partial charge in [0.2, 0.25) is 11.8 Å². The van der Waals surface area contributed by atoms with Crippen LogP contribution in [0, 0.1) is 5.41 Å². The van der Waals surface area contributed by atoms with Crippen molar-refractivity contribution < 1.29 is 14.7 Å². The molecule has 1 saturated heterocycles. The monoisotopic (exact) mass is 532 g/mol. The van der Waals surface area contributed by atoms with Crippen LogP contribution in [0.5, 0.6) is 0 Å². The molecule has 0 bridgehead atoms. The Hall–Kier alpha value is -2.34. The minimum atomic E-state index is -0.760. The van der Waals surface area contributed by atoms with Crippen molar-refractivity contribution in [1.82, 2.24) is 10.2 Å². The summed E-state index contributed by atoms with van der Waals surface area (Å²) in [6.45, 7) is 11.0. The molecule has 0 radical (unpaired) electrons. The zero-order chi connectivity index (χ0) is 26.9. The maximum Gasteiger partial charge on any atom is 0.243 e. The van der Waals surface area contributed by atoms with Gasteiger partial charge in [0.15, 0.2) is 0 Å². The molecule has 2 aromatic rings. The van der Waals surface area contributed by atoms with Gasteiger partial charge in [-0.3, -0.25) is 9.59 Å². The molecule has 1 aliphatic rings. The van der Waals surface area contributed by atoms with Crippen LogP contribution in [0.2, 0.25) is 10.0 Å². The number of hydrogen-bond donors (Lipinski definition) is 2. The third-order valence-corrected chi connectivity index (χ3v) is 7.02. The summed E-state index contributed by atoms with van der Waals surface area (Å²) in [6.07, 6.45) is 4.30. The second-order valence-corrected chi connectivity index (χ2v) is 11.0. The van der Waals surface area contributed by atoms with E-state index in [2.05, 4.69) is 11.9 Å². The van der Waals surface area contributed by atoms with E-state index in [4.69, 9.17) is 23.2 Å². The van der Waals surface area contributed by atoms with Gasteiger partial charge in [-0.05, 0) is 69.4 Å². The van der Waals surface area contributed by atoms with Gasteiger partial charge in [-0.1, -0.05) is 73.5 Å². The molecule has 2 amide bonds. The van der Waals surface area contributed by atoms with E-state index in [1.807, 2.05) is 68.4 Å². The number of carbonyl (C=O) groups is 2. The number of aliphatic hydroxyl groups is 1. The molecule has 0 aromatic heterocycles. The van der Waals surface area contributed by atoms with Crippen LogP contribution >= 0.6 is 23.2 Å². The third kappa shape index (κ3) is 7.83. The summed E-state index contributed by atoms with van der Waals surface area (Å²) in [6, 6.07) is 16.1. The fourth-order valence-electron chi connectivity index (χ4n) is 4.41. The third-order valence-electron chi connectivity index (χ3n) is 6.52. The first-order chi connectivity index (χ1) is 17.0. The average Bonchev–Trinajstić information content (AvgIpc) is 2.84. The van der Waals surface area contributed by atoms with E-state index >= 15 is 0 Å². The molecule has 3 atom stereocenters. The van der Waals surface area contributed by atoms with E-state index in [1.165, 1.54) is 0 Å². The predicted molar refractivity (Wildman–Crippen MR) is 148 cm³/mol. The molecule has 1 aliphatic heterocycles. The summed E-state index contributed by atoms with van der Waals surface area (Å²) < 4.78 is 0. The van der Waals surface area contributed by atoms with Crippen LogP contribution in [0.4, 0.5) is 0 Å². The highest BCUT2D eigenvalue weighted by Crippen LogP contribution is 2.44. The van der Waals surface area contributed by atoms with Crippen molar-refractivity contribution in [2.45, 2.75) is 71.0 Å². The largest absolute Gasteiger partial charge is 0.394 e. The van der Waals surface area contributed by atoms with Gasteiger partial charge in [0, 0.05) is 10.0 Å². The Kier molecular flexibility index (Phi) is 11.0. The average molecular weight is 534 g/mol. The molecule has 1 heterocycles. The molecular formula is C29H38Cl2N2O3. The van der Waals surface area contributed by atoms with E-state index < -0.39 is 17.0 Å². The number of hydrogen-bond acceptors (Lipinski definition) is 3. The fraction of sp³-hybridized carbons (Fsp3) is 0.448. The highest BCUT2D eigenvalue weighted by Gasteiger charge is 2.47. The number of allylic oxidation sites excluding steroid dienone is 1. The molecule has 196 valence electrons. The lowest BCUT2D eigenvalue weighted by molar-refractivity contribution is -0.157. The number of amides is 2. The first kappa shape index (κ1) is 29.9. The molecule has 2 N–H and O–H groups in total. The van der Waals surface area contributed by atoms with E-state index in [9.17, 15) is 14.7 Å². The Bertz CT molecular complexity index is 1010. The van der Waals surface area contributed by atoms with Crippen molar-refractivity contribution in [1.29, 1.82) is 0 Å². The Balaban J connectivity index is 0.000000558. The number of carbonyl (C=O) groups excluding carboxylic acids is 2. The van der Waals surface area contributed by atoms with Crippen molar-refractivity contribution in [2.24, 2.45) is 5.41 Å². The predicted octanol–water partition coefficient (Wildman–Crippen LogP) is 6.59. The maximum absolute atomic E-state index is 13.7. The van der Waals surface area contributed by atoms with Gasteiger partial charge in [0.05, 0.1) is 23.6 Å². The lowest BCUT2D eigenvalue weighted by atomic mass is 9.74. The number of benzene rings is 2. The smallest absolute Gasteiger partial charge is 0.243 e. The molecule has 3 rings (SSSR count). The van der Waals surface area contributed by atoms with Crippen molar-refractivity contribution in [3.8, 4) is 0 Å². The van der Waals surface area contributed by atoms with Gasteiger partial charge >= 0.3 is 0 Å². The molecule has 1 fully saturated rings. The number of aliphatic hydroxyl groups excluding tert-OH is 1. The Morgan fingerprint density at radius 3 is 2.25 bits per heavy atom. The van der Waals surface area contributed by atoms with Crippen LogP contribution in [-0.2, 0) is 9.59 Å². The minimum absolute atomic E-state index is 0.0348. The van der Waals surface area contributed by atoms with Crippen molar-refractivity contribution >= 4 is 35.0 Å². The van der Waals surface area contributed by atoms with Gasteiger partial charge in [0.25, 0.3) is 0 Å². The lowest BCUT2D eigenvalue weighted by Gasteiger charge is -2.47. The standard InChI is InChI=1S/C23H33ClN2O3.C6H5Cl/c1-6-13-23(5)14-12-19(16-8-10-17(24)11-9-16)26(21(23)29)18(7-2)20(28)25-22(3,4)15-27;7-6-4-2-1-3-5-6/h6,8-11,18-19,27H,1,7,12-15H2,2-5H3,(H,25,28);1-5H/t18?,19?,23-;/m0./s1. The zero-order valence-electron chi connectivity index (χ0n) is 21.6. The summed E-state index contributed by atoms with van der Waals surface area (Å²) in [5.74, 6) is -0.283. The summed E-state index contributed by atoms with van der Waals surface area (Å²) in [5.41, 5.74) is -0.370. The summed E-state index contributed by atoms with van der Waals surface area (Å²) in [7, 11) is 0. The van der Waals surface area contributed by atoms with Crippen molar-refractivity contribution in [2.75, 3.05) is 6.61 Å². The maximum atomic E-state index is 13.7. The molecule has 5 nitrogen and oxygen atoms in total. The molecule has 7 heteroatoms. The van der Waals surface area contributed by atoms with E-state index in [0.29, 0.717) is 17.9 Å². The summed E-state index contributed by atoms with van der Waals surface area (Å²) >= 11 is 11.6. The van der Waals surface area contributed by atoms with Crippen LogP contribution in [0.1, 0.15) is 65.0 Å². The number of likely N-dealkylation sites (tertiary alicyclic amines) is 1. The van der Waals surface area contributed by atoms with Gasteiger partial charge in [-0.15, -0.1) is 6.58 Å². The Labute approximate surface area is 225 Å². The molecule has 2 aromatic carbocycles. The molecular weight excluding hydrogens is 495 g/mol. The van der Waals surface area contributed by atoms with Crippen LogP contribution in [0.15, 0.2) is 67.3 Å². The van der Waals surface area contributed by atoms with Gasteiger partial charge in [-0.25, -0.2) is 0 Å². The summed E-state index contributed by atoms with van der Waals surface area (Å²) in [5, 5.41) is 13.9. The second-order valence-electron chi connectivity index (χ2n) is 10.1. The normalized spacial score (nSPS) is 20.7. The highest BCUT2D eigenvalue weighted by atomic mass is 35.5. The SMILES string of the molecule is C=CC[C@@]1(C)CCC(c2ccc(Cl)cc2)N(C(CC)C(=O)NC(C)(C)CO)C1=O.Clc1ccccc1. The van der Waals surface area contributed by atoms with Crippen molar-refractivity contribution in [3.63, 3.8) is 0 Å². The molecule has 0 saturated carbocycles. The van der Waals surface area contributed by atoms with E-state index in [1.54, 1.807) is 24.8 Å². The minimum Gasteiger partial charge on any atom is -0.394 e. The van der Waals surface area contributed by atoms with Crippen LogP contribution in [0.3, 0.4) is 0 Å². The quantitative estimate of drug-likeness (QED) is 0.376. The number of rotatable bonds is 8. The van der Waals surface area contributed by atoms with Crippen LogP contribution < -0.4 is 5.32 Å². The van der Waals surface area contributed by atoms with Gasteiger partial charge in [-0.2, -0.15) is 0 Å². The fourth-order valence-corrected chi connectivity index (χ4v) is 4.68. The number of nitrogens with one attached hydrogen (secondary N) is 1. The topological polar surface area (TPSA) is 69.6 Å². The Morgan fingerprint density at radius 2 is 1.78 bits per heavy atom. The first-order valence-electron chi connectivity index (χ1n) is 12.3. The van der Waals surface area contributed by atoms with E-state index in [-0.39, 0.29) is 24.5 Å². The van der Waals surface area contributed by atoms with Crippen LogP contribution in [-0.4, -0.2) is 40.0 Å². The first-order valence-corrected chi connectivity index (χ1v) is 13.1. The summed E-state index contributed by atoms with van der Waals surface area (Å²) in [4.78, 5) is 28.5. The second kappa shape index (κ2) is 13.3. The Morgan fingerprint density at radius 1 is 1.19 bits per heavy atom. The molecule has 0 aliphatic carbocycles. The molecule has 2 unspecified atom stereocenters. The number of halogens is 2. The van der Waals surface area contributed by atoms with Crippen molar-refractivity contribution in [3.05, 3.63) is 82.9 Å². The van der Waals surface area contributed by atoms with E-state index in [0.717, 1.165) is 23.4 Å². The zero-order valence-corrected chi connectivity index (χ0v) is 23.1. The van der Waals surface area contributed by atoms with Gasteiger partial charge < -0.3 is 15.3 Å². The molecule has 36 heavy (non-hydrogen) atoms. The van der Waals surface area contributed by atoms with Crippen LogP contribution in [0.25, 0.3) is 0 Å². The number of nitrogens with zero attached hydrogens (tertiary/aromatic N) is 1. The van der Waals surface area contributed by atoms with Gasteiger partial charge in [0.1, 0.15) is 6.04 Å². The highest BCUT2D eigenvalue weighted by molar-refractivity contribution is 6.30. The number of piperidine rings is 1.